The van der Waals surface area contributed by atoms with Gasteiger partial charge in [-0.15, -0.1) is 0 Å². The summed E-state index contributed by atoms with van der Waals surface area (Å²) in [5.74, 6) is 1.76. The Morgan fingerprint density at radius 1 is 0.967 bits per heavy atom. The van der Waals surface area contributed by atoms with E-state index in [9.17, 15) is 4.79 Å². The molecule has 2 aromatic heterocycles. The Balaban J connectivity index is 1.20. The first-order valence-electron chi connectivity index (χ1n) is 11.1. The zero-order valence-corrected chi connectivity index (χ0v) is 17.1. The van der Waals surface area contributed by atoms with E-state index in [0.29, 0.717) is 18.0 Å². The number of anilines is 1. The maximum absolute atomic E-state index is 12.5. The van der Waals surface area contributed by atoms with Crippen molar-refractivity contribution in [1.29, 1.82) is 0 Å². The fraction of sp³-hybridized carbons (Fsp3) is 0.478. The molecule has 0 saturated heterocycles. The van der Waals surface area contributed by atoms with Crippen LogP contribution in [-0.4, -0.2) is 37.7 Å². The molecular weight excluding hydrogens is 376 g/mol. The molecule has 2 fully saturated rings. The topological polar surface area (TPSA) is 84.7 Å². The Hall–Kier alpha value is -2.96. The van der Waals surface area contributed by atoms with Crippen molar-refractivity contribution in [3.63, 3.8) is 0 Å². The Morgan fingerprint density at radius 2 is 1.77 bits per heavy atom. The maximum Gasteiger partial charge on any atom is 0.224 e. The van der Waals surface area contributed by atoms with Gasteiger partial charge in [0, 0.05) is 35.7 Å². The molecule has 7 heteroatoms. The number of hydrogen-bond acceptors (Lipinski definition) is 5. The molecule has 2 aliphatic rings. The summed E-state index contributed by atoms with van der Waals surface area (Å²) in [5.41, 5.74) is 1.02. The van der Waals surface area contributed by atoms with Crippen LogP contribution in [0.2, 0.25) is 0 Å². The molecule has 0 atom stereocenters. The van der Waals surface area contributed by atoms with Crippen molar-refractivity contribution in [3.8, 4) is 5.82 Å². The number of carbonyl (C=O) groups is 1. The average molecular weight is 405 g/mol. The third-order valence-corrected chi connectivity index (χ3v) is 6.47. The minimum absolute atomic E-state index is 0.145. The Morgan fingerprint density at radius 3 is 2.60 bits per heavy atom. The van der Waals surface area contributed by atoms with Crippen molar-refractivity contribution in [2.75, 3.05) is 5.32 Å². The van der Waals surface area contributed by atoms with Gasteiger partial charge in [0.2, 0.25) is 11.9 Å². The molecule has 0 unspecified atom stereocenters. The largest absolute Gasteiger partial charge is 0.353 e. The van der Waals surface area contributed by atoms with Gasteiger partial charge in [-0.25, -0.2) is 9.67 Å². The van der Waals surface area contributed by atoms with Crippen LogP contribution in [0.1, 0.15) is 51.4 Å². The van der Waals surface area contributed by atoms with E-state index in [2.05, 4.69) is 25.7 Å². The molecule has 3 aromatic rings. The molecule has 156 valence electrons. The quantitative estimate of drug-likeness (QED) is 0.675. The Kier molecular flexibility index (Phi) is 5.34. The van der Waals surface area contributed by atoms with E-state index < -0.39 is 0 Å². The summed E-state index contributed by atoms with van der Waals surface area (Å²) in [4.78, 5) is 21.6. The van der Waals surface area contributed by atoms with E-state index in [4.69, 9.17) is 0 Å². The van der Waals surface area contributed by atoms with Crippen LogP contribution in [0.4, 0.5) is 5.95 Å². The van der Waals surface area contributed by atoms with Crippen LogP contribution in [0.15, 0.2) is 42.7 Å². The highest BCUT2D eigenvalue weighted by atomic mass is 16.1. The van der Waals surface area contributed by atoms with E-state index in [1.807, 2.05) is 41.2 Å². The number of hydrogen-bond donors (Lipinski definition) is 2. The summed E-state index contributed by atoms with van der Waals surface area (Å²) in [7, 11) is 0. The maximum atomic E-state index is 12.5. The number of aromatic nitrogens is 4. The highest BCUT2D eigenvalue weighted by Crippen LogP contribution is 2.27. The second kappa shape index (κ2) is 8.42. The first-order valence-corrected chi connectivity index (χ1v) is 11.1. The minimum Gasteiger partial charge on any atom is -0.353 e. The van der Waals surface area contributed by atoms with E-state index in [1.54, 1.807) is 6.20 Å². The molecule has 2 saturated carbocycles. The van der Waals surface area contributed by atoms with Gasteiger partial charge in [-0.1, -0.05) is 31.0 Å². The second-order valence-corrected chi connectivity index (χ2v) is 8.54. The van der Waals surface area contributed by atoms with Gasteiger partial charge in [-0.3, -0.25) is 4.79 Å². The third kappa shape index (κ3) is 4.01. The molecule has 30 heavy (non-hydrogen) atoms. The lowest BCUT2D eigenvalue weighted by Crippen LogP contribution is -2.40. The highest BCUT2D eigenvalue weighted by Gasteiger charge is 2.28. The van der Waals surface area contributed by atoms with Gasteiger partial charge in [0.1, 0.15) is 0 Å². The monoisotopic (exact) mass is 404 g/mol. The van der Waals surface area contributed by atoms with Gasteiger partial charge in [-0.05, 0) is 44.6 Å². The second-order valence-electron chi connectivity index (χ2n) is 8.54. The predicted molar refractivity (Wildman–Crippen MR) is 116 cm³/mol. The van der Waals surface area contributed by atoms with Crippen LogP contribution in [0.5, 0.6) is 0 Å². The lowest BCUT2D eigenvalue weighted by molar-refractivity contribution is -0.126. The number of benzene rings is 1. The van der Waals surface area contributed by atoms with Crippen molar-refractivity contribution < 1.29 is 4.79 Å². The molecule has 1 amide bonds. The highest BCUT2D eigenvalue weighted by molar-refractivity contribution is 5.80. The van der Waals surface area contributed by atoms with Crippen LogP contribution in [0.25, 0.3) is 16.7 Å². The number of nitrogens with one attached hydrogen (secondary N) is 2. The Bertz CT molecular complexity index is 1020. The van der Waals surface area contributed by atoms with Crippen LogP contribution >= 0.6 is 0 Å². The number of rotatable bonds is 5. The zero-order chi connectivity index (χ0) is 20.3. The smallest absolute Gasteiger partial charge is 0.224 e. The summed E-state index contributed by atoms with van der Waals surface area (Å²) in [6.07, 6.45) is 12.1. The molecule has 0 aliphatic heterocycles. The molecule has 0 bridgehead atoms. The number of carbonyl (C=O) groups excluding carboxylic acids is 1. The molecule has 0 spiro atoms. The van der Waals surface area contributed by atoms with E-state index in [1.165, 1.54) is 12.8 Å². The molecule has 0 radical (unpaired) electrons. The number of amides is 1. The number of nitrogens with zero attached hydrogens (tertiary/aromatic N) is 4. The average Bonchev–Trinajstić information content (AvgIpc) is 3.44. The first-order chi connectivity index (χ1) is 14.8. The van der Waals surface area contributed by atoms with E-state index in [-0.39, 0.29) is 11.8 Å². The van der Waals surface area contributed by atoms with Gasteiger partial charge in [0.25, 0.3) is 0 Å². The predicted octanol–water partition coefficient (Wildman–Crippen LogP) is 3.85. The summed E-state index contributed by atoms with van der Waals surface area (Å²) in [5, 5.41) is 12.3. The molecule has 7 nitrogen and oxygen atoms in total. The molecule has 2 N–H and O–H groups in total. The van der Waals surface area contributed by atoms with Crippen LogP contribution in [0, 0.1) is 5.92 Å². The number of fused-ring (bicyclic) bond motifs is 1. The van der Waals surface area contributed by atoms with E-state index in [0.717, 1.165) is 55.2 Å². The summed E-state index contributed by atoms with van der Waals surface area (Å²) in [6.45, 7) is 0. The van der Waals surface area contributed by atoms with Crippen molar-refractivity contribution in [3.05, 3.63) is 42.7 Å². The fourth-order valence-corrected chi connectivity index (χ4v) is 4.76. The van der Waals surface area contributed by atoms with Crippen molar-refractivity contribution >= 4 is 22.8 Å². The van der Waals surface area contributed by atoms with Gasteiger partial charge in [-0.2, -0.15) is 10.1 Å². The zero-order valence-electron chi connectivity index (χ0n) is 17.1. The summed E-state index contributed by atoms with van der Waals surface area (Å²) in [6, 6.07) is 10.7. The first kappa shape index (κ1) is 19.0. The minimum atomic E-state index is 0.145. The molecule has 2 aliphatic carbocycles. The van der Waals surface area contributed by atoms with Gasteiger partial charge < -0.3 is 10.6 Å². The lowest BCUT2D eigenvalue weighted by Gasteiger charge is -2.29. The molecule has 5 rings (SSSR count). The van der Waals surface area contributed by atoms with Gasteiger partial charge >= 0.3 is 0 Å². The van der Waals surface area contributed by atoms with Gasteiger partial charge in [0.15, 0.2) is 5.82 Å². The normalized spacial score (nSPS) is 22.3. The van der Waals surface area contributed by atoms with E-state index >= 15 is 0 Å². The molecular formula is C23H28N6O. The molecule has 1 aromatic carbocycles. The number of para-hydroxylation sites is 1. The van der Waals surface area contributed by atoms with Crippen molar-refractivity contribution in [1.82, 2.24) is 25.1 Å². The van der Waals surface area contributed by atoms with Crippen molar-refractivity contribution in [2.45, 2.75) is 63.5 Å². The summed E-state index contributed by atoms with van der Waals surface area (Å²) >= 11 is 0. The van der Waals surface area contributed by atoms with Crippen LogP contribution in [-0.2, 0) is 4.79 Å². The van der Waals surface area contributed by atoms with Gasteiger partial charge in [0.05, 0.1) is 11.7 Å². The fourth-order valence-electron chi connectivity index (χ4n) is 4.76. The standard InChI is InChI=1S/C23H28N6O/c30-22(26-18-6-2-3-7-18)16-9-11-19(12-10-16)27-23-24-14-13-21(28-23)29-20-8-4-1-5-17(20)15-25-29/h1,4-5,8,13-16,18-19H,2-3,6-7,9-12H2,(H,26,30)(H,24,27,28)/t16-,19-. The van der Waals surface area contributed by atoms with Crippen LogP contribution in [0.3, 0.4) is 0 Å². The molecule has 2 heterocycles. The lowest BCUT2D eigenvalue weighted by atomic mass is 9.85. The Labute approximate surface area is 176 Å². The van der Waals surface area contributed by atoms with Crippen LogP contribution < -0.4 is 10.6 Å². The van der Waals surface area contributed by atoms with Crippen molar-refractivity contribution in [2.24, 2.45) is 5.92 Å². The third-order valence-electron chi connectivity index (χ3n) is 6.47. The summed E-state index contributed by atoms with van der Waals surface area (Å²) < 4.78 is 1.84. The SMILES string of the molecule is O=C(NC1CCCC1)[C@H]1CC[C@H](Nc2nccc(-n3ncc4ccccc43)n2)CC1.